The zero-order valence-electron chi connectivity index (χ0n) is 17.0. The maximum absolute atomic E-state index is 13.6. The number of hydrogen-bond donors (Lipinski definition) is 2. The smallest absolute Gasteiger partial charge is 0.237 e. The van der Waals surface area contributed by atoms with Crippen molar-refractivity contribution in [2.45, 2.75) is 33.0 Å². The molecule has 2 aromatic heterocycles. The zero-order valence-corrected chi connectivity index (χ0v) is 17.0. The SMILES string of the molecule is Cc1c([C@@H](C)NCc2cn(CC(N)=O)c3ccccc23)cnn1-c1cccc(F)c1. The molecule has 0 aliphatic heterocycles. The average Bonchev–Trinajstić information content (AvgIpc) is 3.27. The van der Waals surface area contributed by atoms with Crippen molar-refractivity contribution in [1.29, 1.82) is 0 Å². The van der Waals surface area contributed by atoms with Gasteiger partial charge >= 0.3 is 0 Å². The van der Waals surface area contributed by atoms with Crippen molar-refractivity contribution in [3.63, 3.8) is 0 Å². The van der Waals surface area contributed by atoms with E-state index in [1.54, 1.807) is 10.7 Å². The highest BCUT2D eigenvalue weighted by Crippen LogP contribution is 2.24. The molecule has 2 heterocycles. The Bertz CT molecular complexity index is 1210. The number of fused-ring (bicyclic) bond motifs is 1. The van der Waals surface area contributed by atoms with E-state index in [2.05, 4.69) is 17.3 Å². The van der Waals surface area contributed by atoms with Gasteiger partial charge in [-0.15, -0.1) is 0 Å². The van der Waals surface area contributed by atoms with E-state index in [-0.39, 0.29) is 24.3 Å². The van der Waals surface area contributed by atoms with Crippen LogP contribution in [-0.2, 0) is 17.9 Å². The summed E-state index contributed by atoms with van der Waals surface area (Å²) in [5, 5.41) is 9.07. The van der Waals surface area contributed by atoms with E-state index in [4.69, 9.17) is 5.73 Å². The van der Waals surface area contributed by atoms with Crippen molar-refractivity contribution < 1.29 is 9.18 Å². The molecule has 0 aliphatic carbocycles. The predicted octanol–water partition coefficient (Wildman–Crippen LogP) is 3.61. The summed E-state index contributed by atoms with van der Waals surface area (Å²) in [5.74, 6) is -0.661. The Kier molecular flexibility index (Phi) is 5.37. The number of carbonyl (C=O) groups is 1. The first-order chi connectivity index (χ1) is 14.4. The van der Waals surface area contributed by atoms with E-state index in [1.807, 2.05) is 54.2 Å². The van der Waals surface area contributed by atoms with Crippen LogP contribution in [0.5, 0.6) is 0 Å². The van der Waals surface area contributed by atoms with Crippen LogP contribution in [0.1, 0.15) is 29.8 Å². The van der Waals surface area contributed by atoms with Crippen molar-refractivity contribution in [3.05, 3.63) is 83.6 Å². The van der Waals surface area contributed by atoms with Crippen molar-refractivity contribution in [2.75, 3.05) is 0 Å². The predicted molar refractivity (Wildman–Crippen MR) is 115 cm³/mol. The van der Waals surface area contributed by atoms with Gasteiger partial charge < -0.3 is 15.6 Å². The second kappa shape index (κ2) is 8.12. The molecule has 0 saturated heterocycles. The number of nitrogens with one attached hydrogen (secondary N) is 1. The fraction of sp³-hybridized carbons (Fsp3) is 0.217. The Labute approximate surface area is 174 Å². The number of amides is 1. The molecule has 7 heteroatoms. The molecule has 0 saturated carbocycles. The first kappa shape index (κ1) is 19.8. The second-order valence-electron chi connectivity index (χ2n) is 7.45. The van der Waals surface area contributed by atoms with Gasteiger partial charge in [0.2, 0.25) is 5.91 Å². The summed E-state index contributed by atoms with van der Waals surface area (Å²) in [6.45, 7) is 4.82. The third kappa shape index (κ3) is 3.84. The molecular formula is C23H24FN5O. The van der Waals surface area contributed by atoms with Crippen LogP contribution in [0, 0.1) is 12.7 Å². The lowest BCUT2D eigenvalue weighted by Gasteiger charge is -2.14. The van der Waals surface area contributed by atoms with Gasteiger partial charge in [-0.1, -0.05) is 24.3 Å². The summed E-state index contributed by atoms with van der Waals surface area (Å²) in [6, 6.07) is 14.4. The van der Waals surface area contributed by atoms with Gasteiger partial charge in [0.1, 0.15) is 12.4 Å². The molecule has 3 N–H and O–H groups in total. The van der Waals surface area contributed by atoms with Crippen LogP contribution in [-0.4, -0.2) is 20.3 Å². The number of nitrogens with zero attached hydrogens (tertiary/aromatic N) is 3. The van der Waals surface area contributed by atoms with E-state index >= 15 is 0 Å². The molecule has 0 bridgehead atoms. The third-order valence-corrected chi connectivity index (χ3v) is 5.36. The first-order valence-electron chi connectivity index (χ1n) is 9.83. The molecule has 2 aromatic carbocycles. The zero-order chi connectivity index (χ0) is 21.3. The normalized spacial score (nSPS) is 12.4. The number of para-hydroxylation sites is 1. The highest BCUT2D eigenvalue weighted by molar-refractivity contribution is 5.85. The Morgan fingerprint density at radius 1 is 1.23 bits per heavy atom. The number of nitrogens with two attached hydrogens (primary N) is 1. The summed E-state index contributed by atoms with van der Waals surface area (Å²) in [6.07, 6.45) is 3.78. The number of benzene rings is 2. The van der Waals surface area contributed by atoms with E-state index in [0.717, 1.165) is 27.7 Å². The average molecular weight is 405 g/mol. The summed E-state index contributed by atoms with van der Waals surface area (Å²) in [7, 11) is 0. The van der Waals surface area contributed by atoms with E-state index in [1.165, 1.54) is 12.1 Å². The lowest BCUT2D eigenvalue weighted by molar-refractivity contribution is -0.118. The Morgan fingerprint density at radius 2 is 2.03 bits per heavy atom. The molecular weight excluding hydrogens is 381 g/mol. The molecule has 0 unspecified atom stereocenters. The topological polar surface area (TPSA) is 77.9 Å². The molecule has 0 radical (unpaired) electrons. The van der Waals surface area contributed by atoms with Gasteiger partial charge in [0.15, 0.2) is 0 Å². The van der Waals surface area contributed by atoms with E-state index in [0.29, 0.717) is 12.2 Å². The lowest BCUT2D eigenvalue weighted by atomic mass is 10.1. The van der Waals surface area contributed by atoms with Gasteiger partial charge in [-0.3, -0.25) is 4.79 Å². The molecule has 4 rings (SSSR count). The maximum Gasteiger partial charge on any atom is 0.237 e. The summed E-state index contributed by atoms with van der Waals surface area (Å²) < 4.78 is 17.2. The van der Waals surface area contributed by atoms with E-state index in [9.17, 15) is 9.18 Å². The highest BCUT2D eigenvalue weighted by atomic mass is 19.1. The number of aromatic nitrogens is 3. The van der Waals surface area contributed by atoms with Gasteiger partial charge in [-0.05, 0) is 43.7 Å². The van der Waals surface area contributed by atoms with Crippen molar-refractivity contribution in [3.8, 4) is 5.69 Å². The van der Waals surface area contributed by atoms with Gasteiger partial charge in [-0.2, -0.15) is 5.10 Å². The van der Waals surface area contributed by atoms with Crippen LogP contribution in [0.2, 0.25) is 0 Å². The largest absolute Gasteiger partial charge is 0.368 e. The fourth-order valence-electron chi connectivity index (χ4n) is 3.85. The minimum atomic E-state index is -0.371. The highest BCUT2D eigenvalue weighted by Gasteiger charge is 2.16. The van der Waals surface area contributed by atoms with E-state index < -0.39 is 0 Å². The quantitative estimate of drug-likeness (QED) is 0.493. The third-order valence-electron chi connectivity index (χ3n) is 5.36. The fourth-order valence-corrected chi connectivity index (χ4v) is 3.85. The molecule has 6 nitrogen and oxygen atoms in total. The van der Waals surface area contributed by atoms with Gasteiger partial charge in [-0.25, -0.2) is 9.07 Å². The van der Waals surface area contributed by atoms with Crippen LogP contribution in [0.3, 0.4) is 0 Å². The molecule has 4 aromatic rings. The monoisotopic (exact) mass is 405 g/mol. The Hall–Kier alpha value is -3.45. The lowest BCUT2D eigenvalue weighted by Crippen LogP contribution is -2.19. The number of rotatable bonds is 7. The van der Waals surface area contributed by atoms with Gasteiger partial charge in [0, 0.05) is 40.9 Å². The molecule has 30 heavy (non-hydrogen) atoms. The molecule has 0 aliphatic rings. The molecule has 0 spiro atoms. The second-order valence-corrected chi connectivity index (χ2v) is 7.45. The summed E-state index contributed by atoms with van der Waals surface area (Å²) in [5.41, 5.74) is 10.2. The van der Waals surface area contributed by atoms with Crippen LogP contribution in [0.4, 0.5) is 4.39 Å². The number of primary amides is 1. The van der Waals surface area contributed by atoms with Crippen molar-refractivity contribution in [2.24, 2.45) is 5.73 Å². The molecule has 1 amide bonds. The van der Waals surface area contributed by atoms with Crippen LogP contribution < -0.4 is 11.1 Å². The van der Waals surface area contributed by atoms with Gasteiger partial charge in [0.05, 0.1) is 11.9 Å². The van der Waals surface area contributed by atoms with Crippen molar-refractivity contribution >= 4 is 16.8 Å². The number of halogens is 1. The molecule has 0 fully saturated rings. The Morgan fingerprint density at radius 3 is 2.80 bits per heavy atom. The van der Waals surface area contributed by atoms with Crippen molar-refractivity contribution in [1.82, 2.24) is 19.7 Å². The minimum Gasteiger partial charge on any atom is -0.368 e. The standard InChI is InChI=1S/C23H24FN5O/c1-15(21-12-27-29(16(21)2)19-7-5-6-18(24)10-19)26-11-17-13-28(14-23(25)30)22-9-4-3-8-20(17)22/h3-10,12-13,15,26H,11,14H2,1-2H3,(H2,25,30)/t15-/m1/s1. The molecule has 154 valence electrons. The molecule has 1 atom stereocenters. The van der Waals surface area contributed by atoms with Crippen LogP contribution in [0.15, 0.2) is 60.9 Å². The first-order valence-corrected chi connectivity index (χ1v) is 9.83. The van der Waals surface area contributed by atoms with Crippen LogP contribution in [0.25, 0.3) is 16.6 Å². The summed E-state index contributed by atoms with van der Waals surface area (Å²) in [4.78, 5) is 11.4. The Balaban J connectivity index is 1.55. The van der Waals surface area contributed by atoms with Crippen LogP contribution >= 0.6 is 0 Å². The number of hydrogen-bond acceptors (Lipinski definition) is 3. The number of carbonyl (C=O) groups excluding carboxylic acids is 1. The van der Waals surface area contributed by atoms with Gasteiger partial charge in [0.25, 0.3) is 0 Å². The maximum atomic E-state index is 13.6. The minimum absolute atomic E-state index is 0.0329. The summed E-state index contributed by atoms with van der Waals surface area (Å²) >= 11 is 0.